The predicted octanol–water partition coefficient (Wildman–Crippen LogP) is 2.38. The highest BCUT2D eigenvalue weighted by molar-refractivity contribution is 6.32. The molecule has 1 aliphatic rings. The summed E-state index contributed by atoms with van der Waals surface area (Å²) in [5.74, 6) is 0.0520. The van der Waals surface area contributed by atoms with Crippen molar-refractivity contribution < 1.29 is 28.5 Å². The van der Waals surface area contributed by atoms with Crippen LogP contribution in [0.5, 0.6) is 11.5 Å². The molecule has 160 valence electrons. The molecular weight excluding hydrogens is 414 g/mol. The Bertz CT molecular complexity index is 917. The zero-order valence-corrected chi connectivity index (χ0v) is 17.4. The van der Waals surface area contributed by atoms with Crippen LogP contribution in [0.4, 0.5) is 11.5 Å². The van der Waals surface area contributed by atoms with Crippen LogP contribution in [0.3, 0.4) is 0 Å². The highest BCUT2D eigenvalue weighted by Crippen LogP contribution is 2.35. The second-order valence-electron chi connectivity index (χ2n) is 6.29. The summed E-state index contributed by atoms with van der Waals surface area (Å²) in [6.07, 6.45) is 1.61. The number of rotatable bonds is 7. The fourth-order valence-corrected chi connectivity index (χ4v) is 3.17. The number of halogens is 1. The molecule has 0 bridgehead atoms. The third-order valence-corrected chi connectivity index (χ3v) is 4.69. The lowest BCUT2D eigenvalue weighted by atomic mass is 10.2. The van der Waals surface area contributed by atoms with Gasteiger partial charge < -0.3 is 29.2 Å². The summed E-state index contributed by atoms with van der Waals surface area (Å²) < 4.78 is 20.9. The van der Waals surface area contributed by atoms with Gasteiger partial charge in [0.25, 0.3) is 5.91 Å². The molecule has 9 nitrogen and oxygen atoms in total. The number of hydrogen-bond acceptors (Lipinski definition) is 8. The minimum atomic E-state index is -0.639. The number of amides is 1. The molecule has 1 aromatic carbocycles. The summed E-state index contributed by atoms with van der Waals surface area (Å²) in [6, 6.07) is 6.31. The van der Waals surface area contributed by atoms with Gasteiger partial charge >= 0.3 is 5.97 Å². The number of methoxy groups -OCH3 is 2. The number of esters is 1. The van der Waals surface area contributed by atoms with Crippen molar-refractivity contribution in [2.45, 2.75) is 0 Å². The Morgan fingerprint density at radius 1 is 1.20 bits per heavy atom. The maximum Gasteiger partial charge on any atom is 0.342 e. The van der Waals surface area contributed by atoms with E-state index in [0.29, 0.717) is 54.3 Å². The van der Waals surface area contributed by atoms with Crippen molar-refractivity contribution in [2.75, 3.05) is 57.3 Å². The summed E-state index contributed by atoms with van der Waals surface area (Å²) in [5, 5.41) is 2.96. The number of pyridine rings is 1. The first kappa shape index (κ1) is 21.7. The fourth-order valence-electron chi connectivity index (χ4n) is 2.94. The summed E-state index contributed by atoms with van der Waals surface area (Å²) in [6.45, 7) is 1.87. The van der Waals surface area contributed by atoms with Crippen LogP contribution in [0, 0.1) is 0 Å². The third-order valence-electron chi connectivity index (χ3n) is 4.40. The summed E-state index contributed by atoms with van der Waals surface area (Å²) in [7, 11) is 2.91. The third kappa shape index (κ3) is 5.11. The normalized spacial score (nSPS) is 13.5. The highest BCUT2D eigenvalue weighted by Gasteiger charge is 2.22. The van der Waals surface area contributed by atoms with Gasteiger partial charge in [-0.05, 0) is 12.1 Å². The van der Waals surface area contributed by atoms with E-state index in [1.807, 2.05) is 4.90 Å². The summed E-state index contributed by atoms with van der Waals surface area (Å²) in [4.78, 5) is 31.1. The molecule has 0 unspecified atom stereocenters. The van der Waals surface area contributed by atoms with Crippen molar-refractivity contribution in [3.8, 4) is 11.5 Å². The van der Waals surface area contributed by atoms with Gasteiger partial charge in [-0.25, -0.2) is 9.78 Å². The SMILES string of the molecule is COc1cc(NC(=O)COC(=O)c2cccnc2N2CCOCC2)c(OC)cc1Cl. The second kappa shape index (κ2) is 10.1. The number of nitrogens with zero attached hydrogens (tertiary/aromatic N) is 2. The van der Waals surface area contributed by atoms with Gasteiger partial charge in [0.2, 0.25) is 0 Å². The number of morpholine rings is 1. The van der Waals surface area contributed by atoms with Crippen LogP contribution < -0.4 is 19.7 Å². The fraction of sp³-hybridized carbons (Fsp3) is 0.350. The van der Waals surface area contributed by atoms with Crippen molar-refractivity contribution in [1.82, 2.24) is 4.98 Å². The van der Waals surface area contributed by atoms with E-state index in [9.17, 15) is 9.59 Å². The quantitative estimate of drug-likeness (QED) is 0.662. The highest BCUT2D eigenvalue weighted by atomic mass is 35.5. The molecule has 0 atom stereocenters. The van der Waals surface area contributed by atoms with E-state index in [1.54, 1.807) is 18.3 Å². The minimum absolute atomic E-state index is 0.290. The number of aromatic nitrogens is 1. The predicted molar refractivity (Wildman–Crippen MR) is 111 cm³/mol. The van der Waals surface area contributed by atoms with Crippen LogP contribution in [0.25, 0.3) is 0 Å². The summed E-state index contributed by atoms with van der Waals surface area (Å²) in [5.41, 5.74) is 0.633. The Morgan fingerprint density at radius 3 is 2.63 bits per heavy atom. The number of ether oxygens (including phenoxy) is 4. The Labute approximate surface area is 178 Å². The largest absolute Gasteiger partial charge is 0.495 e. The average molecular weight is 436 g/mol. The first-order valence-electron chi connectivity index (χ1n) is 9.19. The smallest absolute Gasteiger partial charge is 0.342 e. The van der Waals surface area contributed by atoms with E-state index in [4.69, 9.17) is 30.5 Å². The van der Waals surface area contributed by atoms with E-state index in [0.717, 1.165) is 0 Å². The Morgan fingerprint density at radius 2 is 1.93 bits per heavy atom. The van der Waals surface area contributed by atoms with Gasteiger partial charge in [0.1, 0.15) is 22.9 Å². The van der Waals surface area contributed by atoms with Gasteiger partial charge in [0.15, 0.2) is 6.61 Å². The lowest BCUT2D eigenvalue weighted by Crippen LogP contribution is -2.37. The molecule has 1 aliphatic heterocycles. The molecule has 1 fully saturated rings. The number of carbonyl (C=O) groups is 2. The van der Waals surface area contributed by atoms with E-state index < -0.39 is 18.5 Å². The van der Waals surface area contributed by atoms with Crippen LogP contribution in [0.15, 0.2) is 30.5 Å². The number of nitrogens with one attached hydrogen (secondary N) is 1. The van der Waals surface area contributed by atoms with Crippen molar-refractivity contribution >= 4 is 35.0 Å². The topological polar surface area (TPSA) is 99.2 Å². The van der Waals surface area contributed by atoms with Crippen molar-refractivity contribution in [2.24, 2.45) is 0 Å². The molecular formula is C20H22ClN3O6. The lowest BCUT2D eigenvalue weighted by Gasteiger charge is -2.28. The molecule has 1 amide bonds. The number of benzene rings is 1. The van der Waals surface area contributed by atoms with Gasteiger partial charge in [-0.3, -0.25) is 4.79 Å². The van der Waals surface area contributed by atoms with Gasteiger partial charge in [-0.1, -0.05) is 11.6 Å². The number of carbonyl (C=O) groups excluding carboxylic acids is 2. The molecule has 3 rings (SSSR count). The van der Waals surface area contributed by atoms with Crippen LogP contribution >= 0.6 is 11.6 Å². The van der Waals surface area contributed by atoms with Crippen LogP contribution in [0.2, 0.25) is 5.02 Å². The van der Waals surface area contributed by atoms with Crippen molar-refractivity contribution in [1.29, 1.82) is 0 Å². The van der Waals surface area contributed by atoms with Gasteiger partial charge in [-0.2, -0.15) is 0 Å². The average Bonchev–Trinajstić information content (AvgIpc) is 2.78. The van der Waals surface area contributed by atoms with Crippen LogP contribution in [0.1, 0.15) is 10.4 Å². The van der Waals surface area contributed by atoms with Crippen LogP contribution in [-0.2, 0) is 14.3 Å². The van der Waals surface area contributed by atoms with Crippen LogP contribution in [-0.4, -0.2) is 64.0 Å². The number of anilines is 2. The monoisotopic (exact) mass is 435 g/mol. The maximum atomic E-state index is 12.6. The zero-order valence-electron chi connectivity index (χ0n) is 16.6. The van der Waals surface area contributed by atoms with Gasteiger partial charge in [0, 0.05) is 31.4 Å². The Hall–Kier alpha value is -3.04. The first-order valence-corrected chi connectivity index (χ1v) is 9.57. The minimum Gasteiger partial charge on any atom is -0.495 e. The zero-order chi connectivity index (χ0) is 21.5. The standard InChI is InChI=1S/C20H22ClN3O6/c1-27-16-11-15(17(28-2)10-14(16)21)23-18(25)12-30-20(26)13-4-3-5-22-19(13)24-6-8-29-9-7-24/h3-5,10-11H,6-9,12H2,1-2H3,(H,23,25). The Balaban J connectivity index is 1.65. The van der Waals surface area contributed by atoms with Gasteiger partial charge in [0.05, 0.1) is 38.1 Å². The molecule has 2 heterocycles. The molecule has 0 aliphatic carbocycles. The molecule has 2 aromatic rings. The molecule has 0 radical (unpaired) electrons. The van der Waals surface area contributed by atoms with Crippen molar-refractivity contribution in [3.63, 3.8) is 0 Å². The molecule has 1 aromatic heterocycles. The van der Waals surface area contributed by atoms with E-state index in [2.05, 4.69) is 10.3 Å². The lowest BCUT2D eigenvalue weighted by molar-refractivity contribution is -0.119. The van der Waals surface area contributed by atoms with Gasteiger partial charge in [-0.15, -0.1) is 0 Å². The van der Waals surface area contributed by atoms with Crippen molar-refractivity contribution in [3.05, 3.63) is 41.0 Å². The van der Waals surface area contributed by atoms with E-state index >= 15 is 0 Å². The molecule has 0 saturated carbocycles. The second-order valence-corrected chi connectivity index (χ2v) is 6.69. The molecule has 0 spiro atoms. The maximum absolute atomic E-state index is 12.6. The molecule has 1 saturated heterocycles. The van der Waals surface area contributed by atoms with E-state index in [1.165, 1.54) is 26.4 Å². The molecule has 30 heavy (non-hydrogen) atoms. The first-order chi connectivity index (χ1) is 14.5. The number of hydrogen-bond donors (Lipinski definition) is 1. The Kier molecular flexibility index (Phi) is 7.31. The van der Waals surface area contributed by atoms with E-state index in [-0.39, 0.29) is 5.56 Å². The summed E-state index contributed by atoms with van der Waals surface area (Å²) >= 11 is 6.06. The molecule has 1 N–H and O–H groups in total. The molecule has 10 heteroatoms.